The van der Waals surface area contributed by atoms with Crippen LogP contribution < -0.4 is 18.9 Å². The van der Waals surface area contributed by atoms with E-state index < -0.39 is 0 Å². The van der Waals surface area contributed by atoms with E-state index in [0.29, 0.717) is 40.7 Å². The Labute approximate surface area is 139 Å². The van der Waals surface area contributed by atoms with Crippen molar-refractivity contribution in [2.45, 2.75) is 0 Å². The molecule has 0 aliphatic carbocycles. The van der Waals surface area contributed by atoms with E-state index in [1.807, 2.05) is 24.3 Å². The lowest BCUT2D eigenvalue weighted by Gasteiger charge is -2.13. The van der Waals surface area contributed by atoms with Gasteiger partial charge in [0.05, 0.1) is 19.2 Å². The summed E-state index contributed by atoms with van der Waals surface area (Å²) in [5.41, 5.74) is 0.425. The maximum atomic E-state index is 10.8. The van der Waals surface area contributed by atoms with Crippen LogP contribution in [0.1, 0.15) is 10.4 Å². The first-order valence-corrected chi connectivity index (χ1v) is 7.28. The molecule has 0 heterocycles. The van der Waals surface area contributed by atoms with Gasteiger partial charge in [0.15, 0.2) is 11.5 Å². The molecule has 5 nitrogen and oxygen atoms in total. The van der Waals surface area contributed by atoms with Crippen molar-refractivity contribution in [3.8, 4) is 23.0 Å². The van der Waals surface area contributed by atoms with Crippen LogP contribution in [-0.4, -0.2) is 33.7 Å². The molecule has 0 atom stereocenters. The Morgan fingerprint density at radius 3 is 2.22 bits per heavy atom. The van der Waals surface area contributed by atoms with Crippen LogP contribution in [0.15, 0.2) is 36.4 Å². The summed E-state index contributed by atoms with van der Waals surface area (Å²) < 4.78 is 21.4. The highest BCUT2D eigenvalue weighted by atomic mass is 35.5. The number of ether oxygens (including phenoxy) is 4. The highest BCUT2D eigenvalue weighted by molar-refractivity contribution is 6.32. The summed E-state index contributed by atoms with van der Waals surface area (Å²) in [6.45, 7) is 0.615. The highest BCUT2D eigenvalue weighted by Crippen LogP contribution is 2.36. The predicted octanol–water partition coefficient (Wildman–Crippen LogP) is 3.63. The van der Waals surface area contributed by atoms with Gasteiger partial charge in [-0.2, -0.15) is 0 Å². The van der Waals surface area contributed by atoms with E-state index >= 15 is 0 Å². The van der Waals surface area contributed by atoms with Crippen LogP contribution >= 0.6 is 11.6 Å². The number of benzene rings is 2. The van der Waals surface area contributed by atoms with Crippen molar-refractivity contribution in [1.29, 1.82) is 0 Å². The lowest BCUT2D eigenvalue weighted by atomic mass is 10.2. The van der Waals surface area contributed by atoms with Gasteiger partial charge in [-0.1, -0.05) is 11.6 Å². The summed E-state index contributed by atoms with van der Waals surface area (Å²) in [5.74, 6) is 2.27. The van der Waals surface area contributed by atoms with E-state index in [2.05, 4.69) is 0 Å². The number of carbonyl (C=O) groups excluding carboxylic acids is 1. The van der Waals surface area contributed by atoms with Gasteiger partial charge in [0.2, 0.25) is 0 Å². The Balaban J connectivity index is 1.91. The molecule has 2 aromatic rings. The van der Waals surface area contributed by atoms with Gasteiger partial charge in [0, 0.05) is 5.56 Å². The minimum Gasteiger partial charge on any atom is -0.497 e. The first-order chi connectivity index (χ1) is 11.2. The SMILES string of the molecule is COc1ccc(OCCOc2c(Cl)cc(C=O)cc2OC)cc1. The minimum atomic E-state index is 0.280. The molecule has 0 bridgehead atoms. The summed E-state index contributed by atoms with van der Waals surface area (Å²) in [6.07, 6.45) is 0.699. The monoisotopic (exact) mass is 336 g/mol. The molecule has 0 aliphatic rings. The number of methoxy groups -OCH3 is 2. The van der Waals surface area contributed by atoms with E-state index in [0.717, 1.165) is 5.75 Å². The summed E-state index contributed by atoms with van der Waals surface area (Å²) in [5, 5.41) is 0.316. The number of rotatable bonds is 8. The van der Waals surface area contributed by atoms with E-state index in [1.54, 1.807) is 13.2 Å². The minimum absolute atomic E-state index is 0.280. The summed E-state index contributed by atoms with van der Waals surface area (Å²) >= 11 is 6.10. The molecule has 0 saturated carbocycles. The molecule has 0 N–H and O–H groups in total. The van der Waals surface area contributed by atoms with Gasteiger partial charge in [0.1, 0.15) is 31.0 Å². The number of halogens is 1. The van der Waals surface area contributed by atoms with Crippen LogP contribution in [0.3, 0.4) is 0 Å². The molecule has 2 aromatic carbocycles. The van der Waals surface area contributed by atoms with Gasteiger partial charge in [-0.25, -0.2) is 0 Å². The van der Waals surface area contributed by atoms with Crippen LogP contribution in [0.2, 0.25) is 5.02 Å². The molecule has 0 saturated heterocycles. The largest absolute Gasteiger partial charge is 0.497 e. The van der Waals surface area contributed by atoms with Crippen molar-refractivity contribution in [1.82, 2.24) is 0 Å². The quantitative estimate of drug-likeness (QED) is 0.544. The van der Waals surface area contributed by atoms with Crippen LogP contribution in [0.25, 0.3) is 0 Å². The second-order valence-electron chi connectivity index (χ2n) is 4.52. The standard InChI is InChI=1S/C17H17ClO5/c1-20-13-3-5-14(6-4-13)22-7-8-23-17-15(18)9-12(11-19)10-16(17)21-2/h3-6,9-11H,7-8H2,1-2H3. The van der Waals surface area contributed by atoms with E-state index in [4.69, 9.17) is 30.5 Å². The molecule has 0 aromatic heterocycles. The molecule has 2 rings (SSSR count). The molecule has 0 aliphatic heterocycles. The molecule has 0 spiro atoms. The maximum absolute atomic E-state index is 10.8. The Morgan fingerprint density at radius 2 is 1.61 bits per heavy atom. The van der Waals surface area contributed by atoms with Gasteiger partial charge in [-0.3, -0.25) is 4.79 Å². The number of aldehydes is 1. The van der Waals surface area contributed by atoms with E-state index in [1.165, 1.54) is 13.2 Å². The zero-order chi connectivity index (χ0) is 16.7. The molecular formula is C17H17ClO5. The Kier molecular flexibility index (Phi) is 6.11. The van der Waals surface area contributed by atoms with Crippen LogP contribution in [0.4, 0.5) is 0 Å². The molecule has 23 heavy (non-hydrogen) atoms. The fourth-order valence-corrected chi connectivity index (χ4v) is 2.20. The molecular weight excluding hydrogens is 320 g/mol. The Morgan fingerprint density at radius 1 is 0.957 bits per heavy atom. The first-order valence-electron chi connectivity index (χ1n) is 6.90. The number of hydrogen-bond acceptors (Lipinski definition) is 5. The van der Waals surface area contributed by atoms with Gasteiger partial charge in [-0.05, 0) is 36.4 Å². The molecule has 122 valence electrons. The first kappa shape index (κ1) is 17.0. The number of hydrogen-bond donors (Lipinski definition) is 0. The summed E-state index contributed by atoms with van der Waals surface area (Å²) in [4.78, 5) is 10.8. The zero-order valence-corrected chi connectivity index (χ0v) is 13.6. The zero-order valence-electron chi connectivity index (χ0n) is 12.9. The maximum Gasteiger partial charge on any atom is 0.179 e. The molecule has 0 radical (unpaired) electrons. The van der Waals surface area contributed by atoms with Crippen molar-refractivity contribution in [2.75, 3.05) is 27.4 Å². The van der Waals surface area contributed by atoms with Crippen LogP contribution in [0, 0.1) is 0 Å². The molecule has 0 fully saturated rings. The van der Waals surface area contributed by atoms with E-state index in [-0.39, 0.29) is 6.61 Å². The van der Waals surface area contributed by atoms with Crippen molar-refractivity contribution in [3.05, 3.63) is 47.0 Å². The topological polar surface area (TPSA) is 54.0 Å². The fourth-order valence-electron chi connectivity index (χ4n) is 1.92. The normalized spacial score (nSPS) is 10.0. The van der Waals surface area contributed by atoms with Crippen molar-refractivity contribution in [2.24, 2.45) is 0 Å². The highest BCUT2D eigenvalue weighted by Gasteiger charge is 2.12. The third-order valence-corrected chi connectivity index (χ3v) is 3.33. The van der Waals surface area contributed by atoms with Crippen LogP contribution in [-0.2, 0) is 0 Å². The third kappa shape index (κ3) is 4.53. The van der Waals surface area contributed by atoms with Gasteiger partial charge in [0.25, 0.3) is 0 Å². The summed E-state index contributed by atoms with van der Waals surface area (Å²) in [7, 11) is 3.09. The fraction of sp³-hybridized carbons (Fsp3) is 0.235. The lowest BCUT2D eigenvalue weighted by molar-refractivity contribution is 0.112. The predicted molar refractivity (Wildman–Crippen MR) is 87.4 cm³/mol. The second-order valence-corrected chi connectivity index (χ2v) is 4.93. The van der Waals surface area contributed by atoms with Gasteiger partial charge >= 0.3 is 0 Å². The molecule has 0 amide bonds. The average Bonchev–Trinajstić information content (AvgIpc) is 2.59. The Hall–Kier alpha value is -2.40. The summed E-state index contributed by atoms with van der Waals surface area (Å²) in [6, 6.07) is 10.3. The molecule has 6 heteroatoms. The third-order valence-electron chi connectivity index (χ3n) is 3.05. The Bertz CT molecular complexity index is 655. The van der Waals surface area contributed by atoms with Crippen LogP contribution in [0.5, 0.6) is 23.0 Å². The van der Waals surface area contributed by atoms with Gasteiger partial charge in [-0.15, -0.1) is 0 Å². The second kappa shape index (κ2) is 8.29. The average molecular weight is 337 g/mol. The smallest absolute Gasteiger partial charge is 0.179 e. The molecule has 0 unspecified atom stereocenters. The van der Waals surface area contributed by atoms with Crippen molar-refractivity contribution < 1.29 is 23.7 Å². The van der Waals surface area contributed by atoms with Gasteiger partial charge < -0.3 is 18.9 Å². The number of carbonyl (C=O) groups is 1. The van der Waals surface area contributed by atoms with Crippen molar-refractivity contribution in [3.63, 3.8) is 0 Å². The van der Waals surface area contributed by atoms with E-state index in [9.17, 15) is 4.79 Å². The lowest BCUT2D eigenvalue weighted by Crippen LogP contribution is -2.10. The van der Waals surface area contributed by atoms with Crippen molar-refractivity contribution >= 4 is 17.9 Å².